The monoisotopic (exact) mass is 634 g/mol. The molecule has 0 aliphatic carbocycles. The average molecular weight is 635 g/mol. The van der Waals surface area contributed by atoms with E-state index in [9.17, 15) is 18.0 Å². The molecule has 45 heavy (non-hydrogen) atoms. The normalized spacial score (nSPS) is 17.8. The van der Waals surface area contributed by atoms with Crippen LogP contribution in [0.5, 0.6) is 0 Å². The van der Waals surface area contributed by atoms with Crippen molar-refractivity contribution in [1.29, 1.82) is 0 Å². The number of nitrogens with two attached hydrogens (primary N) is 1. The largest absolute Gasteiger partial charge is 0.380 e. The standard InChI is InChI=1S/C29H31FN10O4S/c1-5-22(41)38-9-10-39(16(2)12-38)27-19-11-20(30)23(24-26(31)36-33-15-32-24)34-28(19)40(29(42)35-27)25-18(17-13-37(3)14-17)7-6-8-21(25)45(4,43)44/h5-8,11,15-17H,1,9-10,12-14H2,2-4H3,(H2,31,36)/t16-/m0/s1. The number of nitrogens with zero attached hydrogens (tertiary/aromatic N) is 9. The number of carbonyl (C=O) groups is 1. The van der Waals surface area contributed by atoms with E-state index in [1.807, 2.05) is 18.9 Å². The van der Waals surface area contributed by atoms with E-state index in [1.165, 1.54) is 18.2 Å². The van der Waals surface area contributed by atoms with Gasteiger partial charge in [0, 0.05) is 50.9 Å². The lowest BCUT2D eigenvalue weighted by Crippen LogP contribution is -2.54. The molecule has 2 aliphatic heterocycles. The molecule has 6 rings (SSSR count). The second-order valence-corrected chi connectivity index (χ2v) is 13.3. The van der Waals surface area contributed by atoms with Gasteiger partial charge in [0.05, 0.1) is 16.0 Å². The average Bonchev–Trinajstić information content (AvgIpc) is 2.98. The van der Waals surface area contributed by atoms with Crippen LogP contribution in [0.25, 0.3) is 28.1 Å². The smallest absolute Gasteiger partial charge is 0.355 e. The number of fused-ring (bicyclic) bond motifs is 1. The minimum atomic E-state index is -3.86. The van der Waals surface area contributed by atoms with E-state index in [4.69, 9.17) is 5.73 Å². The molecule has 2 N–H and O–H groups in total. The van der Waals surface area contributed by atoms with Gasteiger partial charge in [0.15, 0.2) is 27.1 Å². The summed E-state index contributed by atoms with van der Waals surface area (Å²) in [5.41, 5.74) is 5.48. The van der Waals surface area contributed by atoms with Gasteiger partial charge < -0.3 is 20.4 Å². The van der Waals surface area contributed by atoms with Gasteiger partial charge in [-0.1, -0.05) is 18.7 Å². The number of likely N-dealkylation sites (N-methyl/N-ethyl adjacent to an activating group) is 1. The zero-order chi connectivity index (χ0) is 32.2. The van der Waals surface area contributed by atoms with Crippen molar-refractivity contribution in [2.45, 2.75) is 23.8 Å². The highest BCUT2D eigenvalue weighted by Gasteiger charge is 2.34. The minimum absolute atomic E-state index is 0.0405. The highest BCUT2D eigenvalue weighted by atomic mass is 32.2. The number of halogens is 1. The first-order valence-corrected chi connectivity index (χ1v) is 16.0. The molecule has 16 heteroatoms. The van der Waals surface area contributed by atoms with Gasteiger partial charge in [-0.25, -0.2) is 32.1 Å². The number of piperazine rings is 1. The number of pyridine rings is 1. The molecule has 0 saturated carbocycles. The van der Waals surface area contributed by atoms with Crippen LogP contribution in [0.1, 0.15) is 18.4 Å². The zero-order valence-corrected chi connectivity index (χ0v) is 25.7. The Morgan fingerprint density at radius 1 is 1.16 bits per heavy atom. The SMILES string of the molecule is C=CC(=O)N1CCN(c2nc(=O)n(-c3c(C4CN(C)C4)cccc3S(C)(=O)=O)c3nc(-c4ncnnc4N)c(F)cc23)[C@@H](C)C1. The number of hydrogen-bond donors (Lipinski definition) is 1. The lowest BCUT2D eigenvalue weighted by molar-refractivity contribution is -0.126. The predicted molar refractivity (Wildman–Crippen MR) is 165 cm³/mol. The van der Waals surface area contributed by atoms with Gasteiger partial charge in [-0.3, -0.25) is 4.79 Å². The van der Waals surface area contributed by atoms with Crippen LogP contribution < -0.4 is 16.3 Å². The summed E-state index contributed by atoms with van der Waals surface area (Å²) in [6.07, 6.45) is 3.40. The van der Waals surface area contributed by atoms with E-state index in [0.29, 0.717) is 31.7 Å². The third kappa shape index (κ3) is 5.29. The summed E-state index contributed by atoms with van der Waals surface area (Å²) in [4.78, 5) is 45.0. The molecule has 1 aromatic carbocycles. The topological polar surface area (TPSA) is 173 Å². The molecule has 0 spiro atoms. The van der Waals surface area contributed by atoms with Gasteiger partial charge in [-0.2, -0.15) is 4.98 Å². The van der Waals surface area contributed by atoms with Crippen molar-refractivity contribution >= 4 is 38.4 Å². The number of likely N-dealkylation sites (tertiary alicyclic amines) is 1. The summed E-state index contributed by atoms with van der Waals surface area (Å²) in [5.74, 6) is -1.15. The van der Waals surface area contributed by atoms with Crippen LogP contribution in [-0.4, -0.2) is 106 Å². The van der Waals surface area contributed by atoms with E-state index in [2.05, 4.69) is 36.6 Å². The molecule has 2 fully saturated rings. The Morgan fingerprint density at radius 2 is 1.91 bits per heavy atom. The third-order valence-corrected chi connectivity index (χ3v) is 9.34. The van der Waals surface area contributed by atoms with Crippen LogP contribution in [0.3, 0.4) is 0 Å². The van der Waals surface area contributed by atoms with Crippen molar-refractivity contribution in [3.63, 3.8) is 0 Å². The molecule has 3 aromatic heterocycles. The van der Waals surface area contributed by atoms with Gasteiger partial charge in [0.25, 0.3) is 0 Å². The number of rotatable bonds is 6. The molecule has 14 nitrogen and oxygen atoms in total. The fourth-order valence-electron chi connectivity index (χ4n) is 6.06. The Labute approximate surface area is 257 Å². The van der Waals surface area contributed by atoms with Crippen LogP contribution in [0.4, 0.5) is 16.0 Å². The predicted octanol–water partition coefficient (Wildman–Crippen LogP) is 1.01. The first-order valence-electron chi connectivity index (χ1n) is 14.2. The number of carbonyl (C=O) groups excluding carboxylic acids is 1. The number of amides is 1. The highest BCUT2D eigenvalue weighted by Crippen LogP contribution is 2.37. The Hall–Kier alpha value is -4.83. The maximum atomic E-state index is 16.0. The van der Waals surface area contributed by atoms with E-state index < -0.39 is 21.3 Å². The summed E-state index contributed by atoms with van der Waals surface area (Å²) in [6.45, 7) is 7.61. The zero-order valence-electron chi connectivity index (χ0n) is 24.9. The van der Waals surface area contributed by atoms with Gasteiger partial charge in [-0.15, -0.1) is 10.2 Å². The van der Waals surface area contributed by atoms with Crippen LogP contribution in [0, 0.1) is 5.82 Å². The molecule has 2 saturated heterocycles. The molecular formula is C29H31FN10O4S. The summed E-state index contributed by atoms with van der Waals surface area (Å²) < 4.78 is 43.4. The van der Waals surface area contributed by atoms with E-state index >= 15 is 4.39 Å². The number of anilines is 2. The molecule has 1 amide bonds. The lowest BCUT2D eigenvalue weighted by atomic mass is 9.90. The first-order chi connectivity index (χ1) is 21.4. The Kier molecular flexibility index (Phi) is 7.56. The summed E-state index contributed by atoms with van der Waals surface area (Å²) in [7, 11) is -1.92. The molecule has 4 aromatic rings. The number of nitrogen functional groups attached to an aromatic ring is 1. The van der Waals surface area contributed by atoms with E-state index in [1.54, 1.807) is 17.0 Å². The van der Waals surface area contributed by atoms with Gasteiger partial charge in [-0.05, 0) is 37.7 Å². The van der Waals surface area contributed by atoms with Crippen molar-refractivity contribution in [3.8, 4) is 17.1 Å². The fourth-order valence-corrected chi connectivity index (χ4v) is 6.95. The fraction of sp³-hybridized carbons (Fsp3) is 0.345. The number of aromatic nitrogens is 6. The van der Waals surface area contributed by atoms with Crippen molar-refractivity contribution in [2.75, 3.05) is 56.7 Å². The highest BCUT2D eigenvalue weighted by molar-refractivity contribution is 7.90. The molecule has 0 bridgehead atoms. The summed E-state index contributed by atoms with van der Waals surface area (Å²) in [5, 5.41) is 7.55. The maximum absolute atomic E-state index is 16.0. The van der Waals surface area contributed by atoms with Crippen molar-refractivity contribution in [1.82, 2.24) is 39.5 Å². The summed E-state index contributed by atoms with van der Waals surface area (Å²) in [6, 6.07) is 5.72. The molecule has 5 heterocycles. The molecule has 0 radical (unpaired) electrons. The van der Waals surface area contributed by atoms with E-state index in [-0.39, 0.29) is 69.1 Å². The summed E-state index contributed by atoms with van der Waals surface area (Å²) >= 11 is 0. The van der Waals surface area contributed by atoms with Gasteiger partial charge in [0.2, 0.25) is 5.91 Å². The quantitative estimate of drug-likeness (QED) is 0.299. The third-order valence-electron chi connectivity index (χ3n) is 8.22. The van der Waals surface area contributed by atoms with Crippen LogP contribution in [-0.2, 0) is 14.6 Å². The van der Waals surface area contributed by atoms with Crippen LogP contribution >= 0.6 is 0 Å². The maximum Gasteiger partial charge on any atom is 0.355 e. The van der Waals surface area contributed by atoms with Crippen molar-refractivity contribution < 1.29 is 17.6 Å². The molecule has 2 aliphatic rings. The number of benzene rings is 1. The molecule has 234 valence electrons. The Bertz CT molecular complexity index is 2030. The van der Waals surface area contributed by atoms with Crippen molar-refractivity contribution in [3.05, 3.63) is 65.1 Å². The van der Waals surface area contributed by atoms with Gasteiger partial charge in [0.1, 0.15) is 23.5 Å². The van der Waals surface area contributed by atoms with Crippen LogP contribution in [0.2, 0.25) is 0 Å². The molecule has 0 unspecified atom stereocenters. The van der Waals surface area contributed by atoms with Crippen LogP contribution in [0.15, 0.2) is 52.9 Å². The Morgan fingerprint density at radius 3 is 2.56 bits per heavy atom. The number of para-hydroxylation sites is 1. The minimum Gasteiger partial charge on any atom is -0.380 e. The Balaban J connectivity index is 1.67. The van der Waals surface area contributed by atoms with Gasteiger partial charge >= 0.3 is 5.69 Å². The second-order valence-electron chi connectivity index (χ2n) is 11.4. The number of hydrogen-bond acceptors (Lipinski definition) is 12. The van der Waals surface area contributed by atoms with Crippen molar-refractivity contribution in [2.24, 2.45) is 0 Å². The molecular weight excluding hydrogens is 603 g/mol. The number of sulfone groups is 1. The van der Waals surface area contributed by atoms with E-state index in [0.717, 1.165) is 17.2 Å². The molecule has 1 atom stereocenters. The second kappa shape index (κ2) is 11.3. The lowest BCUT2D eigenvalue weighted by Gasteiger charge is -2.40. The first kappa shape index (κ1) is 30.2.